The third-order valence-electron chi connectivity index (χ3n) is 4.91. The van der Waals surface area contributed by atoms with Gasteiger partial charge in [0.25, 0.3) is 0 Å². The van der Waals surface area contributed by atoms with Crippen molar-refractivity contribution in [1.82, 2.24) is 19.7 Å². The second kappa shape index (κ2) is 7.67. The number of carbonyl (C=O) groups excluding carboxylic acids is 1. The number of pyridine rings is 1. The number of fused-ring (bicyclic) bond motifs is 1. The molecule has 2 aromatic heterocycles. The average Bonchev–Trinajstić information content (AvgIpc) is 3.52. The molecule has 2 heterocycles. The van der Waals surface area contributed by atoms with E-state index in [1.165, 1.54) is 11.8 Å². The van der Waals surface area contributed by atoms with Crippen molar-refractivity contribution in [3.8, 4) is 11.4 Å². The highest BCUT2D eigenvalue weighted by Crippen LogP contribution is 2.41. The molecule has 0 aliphatic heterocycles. The number of carbonyl (C=O) groups is 1. The van der Waals surface area contributed by atoms with Crippen molar-refractivity contribution in [2.45, 2.75) is 24.0 Å². The first-order chi connectivity index (χ1) is 14.3. The fraction of sp³-hybridized carbons (Fsp3) is 0.182. The minimum Gasteiger partial charge on any atom is -0.325 e. The lowest BCUT2D eigenvalue weighted by atomic mass is 10.1. The van der Waals surface area contributed by atoms with E-state index >= 15 is 0 Å². The number of rotatable bonds is 6. The van der Waals surface area contributed by atoms with Crippen LogP contribution >= 0.6 is 11.8 Å². The van der Waals surface area contributed by atoms with Crippen molar-refractivity contribution >= 4 is 34.1 Å². The molecule has 0 radical (unpaired) electrons. The van der Waals surface area contributed by atoms with Crippen LogP contribution in [0, 0.1) is 0 Å². The topological polar surface area (TPSA) is 72.7 Å². The molecule has 6 nitrogen and oxygen atoms in total. The summed E-state index contributed by atoms with van der Waals surface area (Å²) in [5, 5.41) is 14.7. The lowest BCUT2D eigenvalue weighted by Crippen LogP contribution is -2.15. The van der Waals surface area contributed by atoms with Gasteiger partial charge in [0.05, 0.1) is 5.75 Å². The Morgan fingerprint density at radius 1 is 1.03 bits per heavy atom. The van der Waals surface area contributed by atoms with E-state index < -0.39 is 0 Å². The van der Waals surface area contributed by atoms with E-state index in [2.05, 4.69) is 25.1 Å². The second-order valence-electron chi connectivity index (χ2n) is 7.01. The Labute approximate surface area is 172 Å². The van der Waals surface area contributed by atoms with Crippen LogP contribution in [0.25, 0.3) is 22.2 Å². The summed E-state index contributed by atoms with van der Waals surface area (Å²) in [5.41, 5.74) is 1.82. The van der Waals surface area contributed by atoms with Crippen molar-refractivity contribution in [2.24, 2.45) is 0 Å². The van der Waals surface area contributed by atoms with Gasteiger partial charge in [-0.1, -0.05) is 48.2 Å². The van der Waals surface area contributed by atoms with E-state index in [4.69, 9.17) is 0 Å². The van der Waals surface area contributed by atoms with Crippen LogP contribution in [0.2, 0.25) is 0 Å². The zero-order valence-electron chi connectivity index (χ0n) is 15.7. The number of hydrogen-bond donors (Lipinski definition) is 1. The zero-order chi connectivity index (χ0) is 19.6. The van der Waals surface area contributed by atoms with E-state index in [0.717, 1.165) is 45.8 Å². The number of nitrogens with zero attached hydrogens (tertiary/aromatic N) is 4. The predicted octanol–water partition coefficient (Wildman–Crippen LogP) is 4.56. The molecule has 1 aliphatic rings. The van der Waals surface area contributed by atoms with Gasteiger partial charge in [-0.3, -0.25) is 14.3 Å². The first kappa shape index (κ1) is 17.9. The number of aromatic nitrogens is 4. The highest BCUT2D eigenvalue weighted by Gasteiger charge is 2.30. The third kappa shape index (κ3) is 3.73. The van der Waals surface area contributed by atoms with E-state index in [9.17, 15) is 4.79 Å². The minimum atomic E-state index is -0.0536. The third-order valence-corrected chi connectivity index (χ3v) is 5.85. The van der Waals surface area contributed by atoms with Crippen LogP contribution in [0.5, 0.6) is 0 Å². The normalized spacial score (nSPS) is 13.5. The number of benzene rings is 2. The van der Waals surface area contributed by atoms with Gasteiger partial charge in [0.1, 0.15) is 0 Å². The van der Waals surface area contributed by atoms with Gasteiger partial charge in [-0.15, -0.1) is 10.2 Å². The summed E-state index contributed by atoms with van der Waals surface area (Å²) in [4.78, 5) is 16.7. The summed E-state index contributed by atoms with van der Waals surface area (Å²) in [6.07, 6.45) is 5.75. The number of nitrogens with one attached hydrogen (secondary N) is 1. The van der Waals surface area contributed by atoms with Gasteiger partial charge in [0.15, 0.2) is 11.0 Å². The van der Waals surface area contributed by atoms with Gasteiger partial charge in [-0.25, -0.2) is 0 Å². The Bertz CT molecular complexity index is 1170. The maximum atomic E-state index is 12.6. The average molecular weight is 401 g/mol. The van der Waals surface area contributed by atoms with Crippen LogP contribution in [-0.4, -0.2) is 31.4 Å². The van der Waals surface area contributed by atoms with Crippen molar-refractivity contribution in [1.29, 1.82) is 0 Å². The molecule has 0 atom stereocenters. The molecular formula is C22H19N5OS. The molecule has 29 heavy (non-hydrogen) atoms. The van der Waals surface area contributed by atoms with Crippen molar-refractivity contribution in [3.63, 3.8) is 0 Å². The standard InChI is InChI=1S/C22H19N5OS/c28-20(24-19-7-3-5-15-4-1-2-6-18(15)19)14-29-22-26-25-21(27(22)17-8-9-17)16-10-12-23-13-11-16/h1-7,10-13,17H,8-9,14H2,(H,24,28). The van der Waals surface area contributed by atoms with Gasteiger partial charge in [0, 0.05) is 35.1 Å². The fourth-order valence-electron chi connectivity index (χ4n) is 3.39. The molecule has 0 saturated heterocycles. The smallest absolute Gasteiger partial charge is 0.234 e. The van der Waals surface area contributed by atoms with Crippen molar-refractivity contribution < 1.29 is 4.79 Å². The number of anilines is 1. The monoisotopic (exact) mass is 401 g/mol. The molecule has 5 rings (SSSR count). The SMILES string of the molecule is O=C(CSc1nnc(-c2ccncc2)n1C1CC1)Nc1cccc2ccccc12. The van der Waals surface area contributed by atoms with Crippen molar-refractivity contribution in [2.75, 3.05) is 11.1 Å². The number of thioether (sulfide) groups is 1. The molecule has 1 amide bonds. The molecule has 0 spiro atoms. The molecule has 0 unspecified atom stereocenters. The Morgan fingerprint density at radius 2 is 1.83 bits per heavy atom. The summed E-state index contributed by atoms with van der Waals surface area (Å²) in [5.74, 6) is 1.07. The van der Waals surface area contributed by atoms with E-state index in [0.29, 0.717) is 6.04 Å². The Balaban J connectivity index is 1.33. The highest BCUT2D eigenvalue weighted by molar-refractivity contribution is 7.99. The molecular weight excluding hydrogens is 382 g/mol. The molecule has 1 N–H and O–H groups in total. The van der Waals surface area contributed by atoms with Crippen molar-refractivity contribution in [3.05, 3.63) is 67.0 Å². The van der Waals surface area contributed by atoms with Crippen LogP contribution in [0.4, 0.5) is 5.69 Å². The molecule has 1 saturated carbocycles. The molecule has 7 heteroatoms. The van der Waals surface area contributed by atoms with Gasteiger partial charge < -0.3 is 5.32 Å². The Kier molecular flexibility index (Phi) is 4.73. The summed E-state index contributed by atoms with van der Waals surface area (Å²) in [6.45, 7) is 0. The van der Waals surface area contributed by atoms with E-state index in [1.54, 1.807) is 12.4 Å². The summed E-state index contributed by atoms with van der Waals surface area (Å²) in [7, 11) is 0. The zero-order valence-corrected chi connectivity index (χ0v) is 16.5. The largest absolute Gasteiger partial charge is 0.325 e. The molecule has 1 aliphatic carbocycles. The Morgan fingerprint density at radius 3 is 2.66 bits per heavy atom. The fourth-order valence-corrected chi connectivity index (χ4v) is 4.19. The first-order valence-electron chi connectivity index (χ1n) is 9.55. The maximum absolute atomic E-state index is 12.6. The Hall–Kier alpha value is -3.19. The molecule has 2 aromatic carbocycles. The summed E-state index contributed by atoms with van der Waals surface area (Å²) < 4.78 is 2.16. The van der Waals surface area contributed by atoms with Gasteiger partial charge in [-0.2, -0.15) is 0 Å². The molecule has 0 bridgehead atoms. The summed E-state index contributed by atoms with van der Waals surface area (Å²) in [6, 6.07) is 18.2. The molecule has 144 valence electrons. The maximum Gasteiger partial charge on any atom is 0.234 e. The van der Waals surface area contributed by atoms with E-state index in [1.807, 2.05) is 54.6 Å². The number of amides is 1. The van der Waals surface area contributed by atoms with Crippen LogP contribution < -0.4 is 5.32 Å². The van der Waals surface area contributed by atoms with E-state index in [-0.39, 0.29) is 11.7 Å². The molecule has 1 fully saturated rings. The van der Waals surface area contributed by atoms with Gasteiger partial charge in [-0.05, 0) is 36.4 Å². The van der Waals surface area contributed by atoms with Gasteiger partial charge >= 0.3 is 0 Å². The predicted molar refractivity (Wildman–Crippen MR) is 115 cm³/mol. The van der Waals surface area contributed by atoms with Crippen LogP contribution in [0.15, 0.2) is 72.1 Å². The van der Waals surface area contributed by atoms with Crippen LogP contribution in [0.1, 0.15) is 18.9 Å². The van der Waals surface area contributed by atoms with Crippen LogP contribution in [-0.2, 0) is 4.79 Å². The number of hydrogen-bond acceptors (Lipinski definition) is 5. The second-order valence-corrected chi connectivity index (χ2v) is 7.95. The van der Waals surface area contributed by atoms with Gasteiger partial charge in [0.2, 0.25) is 5.91 Å². The van der Waals surface area contributed by atoms with Crippen LogP contribution in [0.3, 0.4) is 0 Å². The lowest BCUT2D eigenvalue weighted by Gasteiger charge is -2.10. The minimum absolute atomic E-state index is 0.0536. The lowest BCUT2D eigenvalue weighted by molar-refractivity contribution is -0.113. The quantitative estimate of drug-likeness (QED) is 0.480. The summed E-state index contributed by atoms with van der Waals surface area (Å²) >= 11 is 1.43. The highest BCUT2D eigenvalue weighted by atomic mass is 32.2. The molecule has 4 aromatic rings. The first-order valence-corrected chi connectivity index (χ1v) is 10.5.